The molecule has 1 aromatic heterocycles. The molecule has 0 saturated heterocycles. The highest BCUT2D eigenvalue weighted by atomic mass is 19.4. The molecule has 7 heteroatoms. The van der Waals surface area contributed by atoms with Crippen LogP contribution in [0.25, 0.3) is 11.0 Å². The highest BCUT2D eigenvalue weighted by Crippen LogP contribution is 2.42. The highest BCUT2D eigenvalue weighted by Gasteiger charge is 2.35. The number of furan rings is 1. The van der Waals surface area contributed by atoms with Crippen LogP contribution in [0.1, 0.15) is 31.1 Å². The molecule has 0 bridgehead atoms. The zero-order chi connectivity index (χ0) is 17.2. The zero-order valence-electron chi connectivity index (χ0n) is 13.0. The molecular formula is C17H19F3N2O2. The standard InChI is InChI=1S/C17H19F3N2O2/c18-17(19,20)10-21-8-7-15(23)22-16(11-5-6-11)14-9-12-3-1-2-4-13(12)24-14/h1-4,9,11,16,21H,5-8,10H2,(H,22,23)/t16-/m0/s1. The van der Waals surface area contributed by atoms with Crippen LogP contribution >= 0.6 is 0 Å². The lowest BCUT2D eigenvalue weighted by atomic mass is 10.1. The molecule has 2 N–H and O–H groups in total. The predicted molar refractivity (Wildman–Crippen MR) is 83.4 cm³/mol. The second kappa shape index (κ2) is 6.84. The van der Waals surface area contributed by atoms with Gasteiger partial charge in [-0.2, -0.15) is 13.2 Å². The smallest absolute Gasteiger partial charge is 0.401 e. The lowest BCUT2D eigenvalue weighted by Gasteiger charge is -2.16. The molecule has 1 heterocycles. The fraction of sp³-hybridized carbons (Fsp3) is 0.471. The van der Waals surface area contributed by atoms with Crippen molar-refractivity contribution >= 4 is 16.9 Å². The molecule has 1 aromatic carbocycles. The van der Waals surface area contributed by atoms with Gasteiger partial charge in [0, 0.05) is 18.4 Å². The third-order valence-electron chi connectivity index (χ3n) is 4.02. The minimum atomic E-state index is -4.26. The van der Waals surface area contributed by atoms with Crippen LogP contribution in [0, 0.1) is 5.92 Å². The van der Waals surface area contributed by atoms with Crippen LogP contribution in [0.5, 0.6) is 0 Å². The monoisotopic (exact) mass is 340 g/mol. The van der Waals surface area contributed by atoms with E-state index in [1.54, 1.807) is 0 Å². The van der Waals surface area contributed by atoms with Crippen molar-refractivity contribution in [2.24, 2.45) is 5.92 Å². The molecule has 0 aliphatic heterocycles. The molecule has 0 unspecified atom stereocenters. The van der Waals surface area contributed by atoms with E-state index in [1.807, 2.05) is 30.3 Å². The molecule has 1 atom stereocenters. The quantitative estimate of drug-likeness (QED) is 0.758. The summed E-state index contributed by atoms with van der Waals surface area (Å²) in [6.07, 6.45) is -2.25. The Morgan fingerprint density at radius 2 is 2.04 bits per heavy atom. The number of amides is 1. The van der Waals surface area contributed by atoms with Crippen molar-refractivity contribution in [3.8, 4) is 0 Å². The van der Waals surface area contributed by atoms with Crippen LogP contribution in [-0.2, 0) is 4.79 Å². The molecule has 0 radical (unpaired) electrons. The molecule has 2 aromatic rings. The Morgan fingerprint density at radius 3 is 2.71 bits per heavy atom. The van der Waals surface area contributed by atoms with Gasteiger partial charge in [-0.3, -0.25) is 4.79 Å². The number of halogens is 3. The Balaban J connectivity index is 1.57. The SMILES string of the molecule is O=C(CCNCC(F)(F)F)N[C@H](c1cc2ccccc2o1)C1CC1. The Hall–Kier alpha value is -2.02. The van der Waals surface area contributed by atoms with E-state index < -0.39 is 12.7 Å². The molecule has 1 amide bonds. The van der Waals surface area contributed by atoms with Gasteiger partial charge < -0.3 is 15.1 Å². The number of fused-ring (bicyclic) bond motifs is 1. The lowest BCUT2D eigenvalue weighted by molar-refractivity contribution is -0.127. The number of para-hydroxylation sites is 1. The largest absolute Gasteiger partial charge is 0.459 e. The summed E-state index contributed by atoms with van der Waals surface area (Å²) in [4.78, 5) is 12.0. The molecular weight excluding hydrogens is 321 g/mol. The summed E-state index contributed by atoms with van der Waals surface area (Å²) in [6.45, 7) is -1.10. The van der Waals surface area contributed by atoms with Gasteiger partial charge in [0.25, 0.3) is 0 Å². The topological polar surface area (TPSA) is 54.3 Å². The normalized spacial score (nSPS) is 16.3. The number of alkyl halides is 3. The summed E-state index contributed by atoms with van der Waals surface area (Å²) in [7, 11) is 0. The Morgan fingerprint density at radius 1 is 1.29 bits per heavy atom. The van der Waals surface area contributed by atoms with Gasteiger partial charge in [-0.15, -0.1) is 0 Å². The number of nitrogens with one attached hydrogen (secondary N) is 2. The average Bonchev–Trinajstić information content (AvgIpc) is 3.26. The molecule has 0 spiro atoms. The van der Waals surface area contributed by atoms with Crippen molar-refractivity contribution in [3.05, 3.63) is 36.1 Å². The first kappa shape index (κ1) is 16.8. The van der Waals surface area contributed by atoms with E-state index in [2.05, 4.69) is 10.6 Å². The van der Waals surface area contributed by atoms with E-state index in [4.69, 9.17) is 4.42 Å². The number of rotatable bonds is 7. The minimum absolute atomic E-state index is 0.000468. The van der Waals surface area contributed by atoms with Gasteiger partial charge in [-0.25, -0.2) is 0 Å². The first-order chi connectivity index (χ1) is 11.4. The summed E-state index contributed by atoms with van der Waals surface area (Å²) in [5.41, 5.74) is 0.763. The second-order valence-electron chi connectivity index (χ2n) is 6.11. The summed E-state index contributed by atoms with van der Waals surface area (Å²) >= 11 is 0. The third kappa shape index (κ3) is 4.50. The molecule has 1 aliphatic carbocycles. The van der Waals surface area contributed by atoms with Gasteiger partial charge in [0.1, 0.15) is 11.3 Å². The van der Waals surface area contributed by atoms with Crippen molar-refractivity contribution in [1.29, 1.82) is 0 Å². The molecule has 1 aliphatic rings. The van der Waals surface area contributed by atoms with Crippen molar-refractivity contribution < 1.29 is 22.4 Å². The maximum atomic E-state index is 12.1. The van der Waals surface area contributed by atoms with Gasteiger partial charge in [-0.1, -0.05) is 18.2 Å². The Labute approximate surface area is 137 Å². The Kier molecular flexibility index (Phi) is 4.80. The first-order valence-electron chi connectivity index (χ1n) is 7.98. The predicted octanol–water partition coefficient (Wildman–Crippen LogP) is 3.54. The van der Waals surface area contributed by atoms with Crippen LogP contribution < -0.4 is 10.6 Å². The minimum Gasteiger partial charge on any atom is -0.459 e. The van der Waals surface area contributed by atoms with E-state index >= 15 is 0 Å². The van der Waals surface area contributed by atoms with Gasteiger partial charge in [0.2, 0.25) is 5.91 Å². The number of carbonyl (C=O) groups excluding carboxylic acids is 1. The average molecular weight is 340 g/mol. The number of hydrogen-bond donors (Lipinski definition) is 2. The number of hydrogen-bond acceptors (Lipinski definition) is 3. The van der Waals surface area contributed by atoms with Gasteiger partial charge in [-0.05, 0) is 30.9 Å². The van der Waals surface area contributed by atoms with Crippen LogP contribution in [0.3, 0.4) is 0 Å². The fourth-order valence-electron chi connectivity index (χ4n) is 2.68. The van der Waals surface area contributed by atoms with E-state index in [0.29, 0.717) is 11.7 Å². The maximum Gasteiger partial charge on any atom is 0.401 e. The molecule has 4 nitrogen and oxygen atoms in total. The zero-order valence-corrected chi connectivity index (χ0v) is 13.0. The van der Waals surface area contributed by atoms with Crippen LogP contribution in [0.15, 0.2) is 34.7 Å². The van der Waals surface area contributed by atoms with E-state index in [1.165, 1.54) is 0 Å². The molecule has 130 valence electrons. The second-order valence-corrected chi connectivity index (χ2v) is 6.11. The summed E-state index contributed by atoms with van der Waals surface area (Å²) in [5, 5.41) is 6.10. The van der Waals surface area contributed by atoms with Crippen LogP contribution in [0.2, 0.25) is 0 Å². The van der Waals surface area contributed by atoms with Gasteiger partial charge >= 0.3 is 6.18 Å². The van der Waals surface area contributed by atoms with Crippen molar-refractivity contribution in [2.45, 2.75) is 31.5 Å². The molecule has 1 fully saturated rings. The van der Waals surface area contributed by atoms with Crippen molar-refractivity contribution in [1.82, 2.24) is 10.6 Å². The summed E-state index contributed by atoms with van der Waals surface area (Å²) in [5.74, 6) is 0.759. The number of benzene rings is 1. The maximum absolute atomic E-state index is 12.1. The Bertz CT molecular complexity index is 674. The van der Waals surface area contributed by atoms with E-state index in [9.17, 15) is 18.0 Å². The highest BCUT2D eigenvalue weighted by molar-refractivity contribution is 5.79. The van der Waals surface area contributed by atoms with Gasteiger partial charge in [0.05, 0.1) is 12.6 Å². The van der Waals surface area contributed by atoms with Crippen molar-refractivity contribution in [2.75, 3.05) is 13.1 Å². The summed E-state index contributed by atoms with van der Waals surface area (Å²) in [6, 6.07) is 9.31. The molecule has 3 rings (SSSR count). The van der Waals surface area contributed by atoms with E-state index in [0.717, 1.165) is 23.8 Å². The van der Waals surface area contributed by atoms with Crippen LogP contribution in [0.4, 0.5) is 13.2 Å². The molecule has 24 heavy (non-hydrogen) atoms. The third-order valence-corrected chi connectivity index (χ3v) is 4.02. The summed E-state index contributed by atoms with van der Waals surface area (Å²) < 4.78 is 42.0. The van der Waals surface area contributed by atoms with Gasteiger partial charge in [0.15, 0.2) is 0 Å². The van der Waals surface area contributed by atoms with Crippen molar-refractivity contribution in [3.63, 3.8) is 0 Å². The number of carbonyl (C=O) groups is 1. The molecule has 1 saturated carbocycles. The van der Waals surface area contributed by atoms with Crippen LogP contribution in [-0.4, -0.2) is 25.2 Å². The fourth-order valence-corrected chi connectivity index (χ4v) is 2.68. The van der Waals surface area contributed by atoms with E-state index in [-0.39, 0.29) is 24.9 Å². The lowest BCUT2D eigenvalue weighted by Crippen LogP contribution is -2.34. The first-order valence-corrected chi connectivity index (χ1v) is 7.98.